The lowest BCUT2D eigenvalue weighted by atomic mass is 9.95. The van der Waals surface area contributed by atoms with E-state index in [-0.39, 0.29) is 17.9 Å². The number of nitrogens with zero attached hydrogens (tertiary/aromatic N) is 4. The van der Waals surface area contributed by atoms with Crippen LogP contribution in [0, 0.1) is 0 Å². The number of tetrazole rings is 1. The molecule has 132 valence electrons. The van der Waals surface area contributed by atoms with E-state index in [1.807, 2.05) is 18.2 Å². The van der Waals surface area contributed by atoms with Gasteiger partial charge in [-0.25, -0.2) is 0 Å². The van der Waals surface area contributed by atoms with Crippen LogP contribution in [0.2, 0.25) is 0 Å². The van der Waals surface area contributed by atoms with Crippen LogP contribution in [-0.2, 0) is 19.6 Å². The third kappa shape index (κ3) is 4.12. The molecule has 2 heterocycles. The highest BCUT2D eigenvalue weighted by Gasteiger charge is 2.19. The van der Waals surface area contributed by atoms with E-state index in [0.29, 0.717) is 12.2 Å². The minimum atomic E-state index is -0.110. The van der Waals surface area contributed by atoms with Gasteiger partial charge < -0.3 is 15.5 Å². The van der Waals surface area contributed by atoms with Crippen molar-refractivity contribution < 1.29 is 10.2 Å². The van der Waals surface area contributed by atoms with E-state index >= 15 is 0 Å². The molecule has 25 heavy (non-hydrogen) atoms. The van der Waals surface area contributed by atoms with Crippen molar-refractivity contribution in [3.05, 3.63) is 53.2 Å². The molecule has 2 aromatic heterocycles. The molecule has 7 heteroatoms. The van der Waals surface area contributed by atoms with Crippen molar-refractivity contribution in [1.82, 2.24) is 25.4 Å². The Labute approximate surface area is 146 Å². The molecule has 0 unspecified atom stereocenters. The summed E-state index contributed by atoms with van der Waals surface area (Å²) in [5, 5.41) is 34.2. The van der Waals surface area contributed by atoms with E-state index < -0.39 is 0 Å². The van der Waals surface area contributed by atoms with Crippen LogP contribution in [0.25, 0.3) is 5.65 Å². The fraction of sp³-hybridized carbons (Fsp3) is 0.389. The van der Waals surface area contributed by atoms with E-state index in [0.717, 1.165) is 24.1 Å². The van der Waals surface area contributed by atoms with Crippen LogP contribution in [0.3, 0.4) is 0 Å². The van der Waals surface area contributed by atoms with Crippen LogP contribution in [0.1, 0.15) is 37.1 Å². The van der Waals surface area contributed by atoms with Crippen LogP contribution in [0.5, 0.6) is 5.75 Å². The van der Waals surface area contributed by atoms with Gasteiger partial charge in [0.05, 0.1) is 12.3 Å². The number of hydrogen-bond acceptors (Lipinski definition) is 6. The molecular formula is C18H23N5O2. The quantitative estimate of drug-likeness (QED) is 0.607. The Balaban J connectivity index is 1.67. The highest BCUT2D eigenvalue weighted by Crippen LogP contribution is 2.18. The highest BCUT2D eigenvalue weighted by atomic mass is 16.3. The van der Waals surface area contributed by atoms with Crippen molar-refractivity contribution in [3.8, 4) is 5.75 Å². The molecule has 0 fully saturated rings. The van der Waals surface area contributed by atoms with Crippen molar-refractivity contribution >= 4 is 5.65 Å². The minimum Gasteiger partial charge on any atom is -0.508 e. The molecule has 0 aliphatic rings. The first-order chi connectivity index (χ1) is 12.0. The van der Waals surface area contributed by atoms with Crippen LogP contribution in [0.15, 0.2) is 36.4 Å². The molecule has 0 aliphatic heterocycles. The Hall–Kier alpha value is -2.51. The third-order valence-electron chi connectivity index (χ3n) is 4.43. The standard InChI is InChI=1S/C18H23N5O2/c1-18(2,10-9-13-3-6-15(25)7-4-13)19-11-16-14(12-24)5-8-17-20-21-22-23(16)17/h3-8,19,24-25H,9-12H2,1-2H3. The molecule has 3 N–H and O–H groups in total. The van der Waals surface area contributed by atoms with E-state index in [1.165, 1.54) is 5.56 Å². The number of aromatic nitrogens is 4. The number of fused-ring (bicyclic) bond motifs is 1. The maximum absolute atomic E-state index is 9.59. The maximum atomic E-state index is 9.59. The summed E-state index contributed by atoms with van der Waals surface area (Å²) >= 11 is 0. The maximum Gasteiger partial charge on any atom is 0.179 e. The Morgan fingerprint density at radius 1 is 1.12 bits per heavy atom. The molecular weight excluding hydrogens is 318 g/mol. The van der Waals surface area contributed by atoms with Crippen molar-refractivity contribution in [3.63, 3.8) is 0 Å². The van der Waals surface area contributed by atoms with Gasteiger partial charge in [-0.2, -0.15) is 4.52 Å². The topological polar surface area (TPSA) is 95.6 Å². The highest BCUT2D eigenvalue weighted by molar-refractivity contribution is 5.40. The number of aliphatic hydroxyl groups is 1. The molecule has 0 radical (unpaired) electrons. The molecule has 3 aromatic rings. The molecule has 0 atom stereocenters. The predicted molar refractivity (Wildman–Crippen MR) is 94.1 cm³/mol. The van der Waals surface area contributed by atoms with Gasteiger partial charge in [0.1, 0.15) is 5.75 Å². The van der Waals surface area contributed by atoms with Crippen LogP contribution < -0.4 is 5.32 Å². The van der Waals surface area contributed by atoms with Crippen LogP contribution >= 0.6 is 0 Å². The second-order valence-electron chi connectivity index (χ2n) is 6.82. The first kappa shape index (κ1) is 17.3. The van der Waals surface area contributed by atoms with Gasteiger partial charge in [-0.15, -0.1) is 5.10 Å². The van der Waals surface area contributed by atoms with Gasteiger partial charge in [0.2, 0.25) is 0 Å². The number of pyridine rings is 1. The summed E-state index contributed by atoms with van der Waals surface area (Å²) in [6.45, 7) is 4.79. The predicted octanol–water partition coefficient (Wildman–Crippen LogP) is 1.82. The summed E-state index contributed by atoms with van der Waals surface area (Å²) in [5.74, 6) is 0.284. The summed E-state index contributed by atoms with van der Waals surface area (Å²) in [6, 6.07) is 11.0. The van der Waals surface area contributed by atoms with Crippen molar-refractivity contribution in [1.29, 1.82) is 0 Å². The number of hydrogen-bond donors (Lipinski definition) is 3. The Morgan fingerprint density at radius 3 is 2.60 bits per heavy atom. The average Bonchev–Trinajstić information content (AvgIpc) is 3.08. The molecule has 3 rings (SSSR count). The van der Waals surface area contributed by atoms with Gasteiger partial charge >= 0.3 is 0 Å². The molecule has 0 saturated heterocycles. The van der Waals surface area contributed by atoms with Gasteiger partial charge in [-0.1, -0.05) is 18.2 Å². The summed E-state index contributed by atoms with van der Waals surface area (Å²) in [5.41, 5.74) is 3.41. The zero-order valence-electron chi connectivity index (χ0n) is 14.5. The Morgan fingerprint density at radius 2 is 1.88 bits per heavy atom. The number of benzene rings is 1. The molecule has 0 amide bonds. The summed E-state index contributed by atoms with van der Waals surface area (Å²) in [7, 11) is 0. The number of aromatic hydroxyl groups is 1. The van der Waals surface area contributed by atoms with Gasteiger partial charge in [0.15, 0.2) is 5.65 Å². The molecule has 0 spiro atoms. The second kappa shape index (κ2) is 7.16. The van der Waals surface area contributed by atoms with Crippen molar-refractivity contribution in [2.24, 2.45) is 0 Å². The van der Waals surface area contributed by atoms with Gasteiger partial charge in [-0.3, -0.25) is 0 Å². The van der Waals surface area contributed by atoms with E-state index in [4.69, 9.17) is 0 Å². The lowest BCUT2D eigenvalue weighted by Gasteiger charge is -2.27. The fourth-order valence-electron chi connectivity index (χ4n) is 2.76. The molecule has 7 nitrogen and oxygen atoms in total. The fourth-order valence-corrected chi connectivity index (χ4v) is 2.76. The first-order valence-electron chi connectivity index (χ1n) is 8.31. The Bertz CT molecular complexity index is 842. The Kier molecular flexibility index (Phi) is 4.96. The summed E-state index contributed by atoms with van der Waals surface area (Å²) in [6.07, 6.45) is 1.83. The number of aliphatic hydroxyl groups excluding tert-OH is 1. The third-order valence-corrected chi connectivity index (χ3v) is 4.43. The van der Waals surface area contributed by atoms with Crippen LogP contribution in [-0.4, -0.2) is 35.8 Å². The monoisotopic (exact) mass is 341 g/mol. The number of phenols is 1. The van der Waals surface area contributed by atoms with Gasteiger partial charge in [0.25, 0.3) is 0 Å². The van der Waals surface area contributed by atoms with Crippen molar-refractivity contribution in [2.75, 3.05) is 0 Å². The zero-order chi connectivity index (χ0) is 17.9. The number of rotatable bonds is 7. The number of aryl methyl sites for hydroxylation is 1. The summed E-state index contributed by atoms with van der Waals surface area (Å²) < 4.78 is 1.66. The molecule has 0 bridgehead atoms. The smallest absolute Gasteiger partial charge is 0.179 e. The lowest BCUT2D eigenvalue weighted by molar-refractivity contribution is 0.277. The molecule has 0 aliphatic carbocycles. The van der Waals surface area contributed by atoms with Gasteiger partial charge in [-0.05, 0) is 60.9 Å². The van der Waals surface area contributed by atoms with Crippen molar-refractivity contribution in [2.45, 2.75) is 45.4 Å². The zero-order valence-corrected chi connectivity index (χ0v) is 14.5. The minimum absolute atomic E-state index is 0.0548. The lowest BCUT2D eigenvalue weighted by Crippen LogP contribution is -2.39. The normalized spacial score (nSPS) is 12.0. The first-order valence-corrected chi connectivity index (χ1v) is 8.31. The summed E-state index contributed by atoms with van der Waals surface area (Å²) in [4.78, 5) is 0. The second-order valence-corrected chi connectivity index (χ2v) is 6.82. The molecule has 1 aromatic carbocycles. The average molecular weight is 341 g/mol. The van der Waals surface area contributed by atoms with E-state index in [2.05, 4.69) is 34.7 Å². The SMILES string of the molecule is CC(C)(CCc1ccc(O)cc1)NCc1c(CO)ccc2nnnn12. The largest absolute Gasteiger partial charge is 0.508 e. The van der Waals surface area contributed by atoms with Gasteiger partial charge in [0, 0.05) is 17.6 Å². The van der Waals surface area contributed by atoms with E-state index in [1.54, 1.807) is 22.7 Å². The number of phenolic OH excluding ortho intramolecular Hbond substituents is 1. The van der Waals surface area contributed by atoms with E-state index in [9.17, 15) is 10.2 Å². The van der Waals surface area contributed by atoms with Crippen LogP contribution in [0.4, 0.5) is 0 Å². The number of nitrogens with one attached hydrogen (secondary N) is 1. The molecule has 0 saturated carbocycles.